The lowest BCUT2D eigenvalue weighted by molar-refractivity contribution is 0.825. The topological polar surface area (TPSA) is 40.7 Å². The predicted octanol–water partition coefficient (Wildman–Crippen LogP) is 3.77. The van der Waals surface area contributed by atoms with Gasteiger partial charge in [0.15, 0.2) is 0 Å². The number of aromatic nitrogens is 2. The number of halogens is 1. The second kappa shape index (κ2) is 4.84. The molecule has 0 aliphatic heterocycles. The van der Waals surface area contributed by atoms with Gasteiger partial charge in [-0.15, -0.1) is 11.3 Å². The summed E-state index contributed by atoms with van der Waals surface area (Å²) in [4.78, 5) is 9.10. The van der Waals surface area contributed by atoms with Crippen LogP contribution in [0.3, 0.4) is 0 Å². The molecule has 2 aromatic heterocycles. The first kappa shape index (κ1) is 11.9. The maximum atomic E-state index is 4.60. The summed E-state index contributed by atoms with van der Waals surface area (Å²) in [6.45, 7) is 0.834. The van der Waals surface area contributed by atoms with Gasteiger partial charge in [0.25, 0.3) is 0 Å². The average Bonchev–Trinajstić information content (AvgIpc) is 2.94. The van der Waals surface area contributed by atoms with E-state index in [0.29, 0.717) is 0 Å². The van der Waals surface area contributed by atoms with Gasteiger partial charge in [-0.1, -0.05) is 18.2 Å². The SMILES string of the molecule is CNCc1sc(-c2c[nH]c3ccccc23)nc1Br. The van der Waals surface area contributed by atoms with Gasteiger partial charge >= 0.3 is 0 Å². The summed E-state index contributed by atoms with van der Waals surface area (Å²) in [5, 5.41) is 5.42. The van der Waals surface area contributed by atoms with Crippen LogP contribution in [0.5, 0.6) is 0 Å². The quantitative estimate of drug-likeness (QED) is 0.770. The Morgan fingerprint density at radius 2 is 2.22 bits per heavy atom. The van der Waals surface area contributed by atoms with Gasteiger partial charge in [0.05, 0.1) is 4.88 Å². The van der Waals surface area contributed by atoms with Crippen LogP contribution in [0.25, 0.3) is 21.5 Å². The average molecular weight is 322 g/mol. The van der Waals surface area contributed by atoms with Crippen molar-refractivity contribution in [3.63, 3.8) is 0 Å². The molecular weight excluding hydrogens is 310 g/mol. The first-order valence-electron chi connectivity index (χ1n) is 5.66. The third-order valence-electron chi connectivity index (χ3n) is 2.81. The van der Waals surface area contributed by atoms with Gasteiger partial charge < -0.3 is 10.3 Å². The van der Waals surface area contributed by atoms with Crippen LogP contribution < -0.4 is 5.32 Å². The zero-order valence-electron chi connectivity index (χ0n) is 9.83. The first-order chi connectivity index (χ1) is 8.79. The first-order valence-corrected chi connectivity index (χ1v) is 7.27. The highest BCUT2D eigenvalue weighted by Crippen LogP contribution is 2.34. The largest absolute Gasteiger partial charge is 0.360 e. The van der Waals surface area contributed by atoms with Crippen LogP contribution in [-0.2, 0) is 6.54 Å². The van der Waals surface area contributed by atoms with Crippen molar-refractivity contribution in [1.29, 1.82) is 0 Å². The van der Waals surface area contributed by atoms with Crippen LogP contribution in [0.2, 0.25) is 0 Å². The zero-order valence-corrected chi connectivity index (χ0v) is 12.2. The summed E-state index contributed by atoms with van der Waals surface area (Å²) in [6, 6.07) is 8.29. The number of rotatable bonds is 3. The third kappa shape index (κ3) is 1.98. The molecule has 3 aromatic rings. The van der Waals surface area contributed by atoms with Gasteiger partial charge in [-0.2, -0.15) is 0 Å². The number of thiazole rings is 1. The summed E-state index contributed by atoms with van der Waals surface area (Å²) in [5.74, 6) is 0. The molecule has 18 heavy (non-hydrogen) atoms. The summed E-state index contributed by atoms with van der Waals surface area (Å²) in [6.07, 6.45) is 2.03. The van der Waals surface area contributed by atoms with E-state index in [0.717, 1.165) is 21.7 Å². The van der Waals surface area contributed by atoms with Crippen molar-refractivity contribution < 1.29 is 0 Å². The molecule has 92 valence electrons. The summed E-state index contributed by atoms with van der Waals surface area (Å²) >= 11 is 5.23. The van der Waals surface area contributed by atoms with E-state index in [9.17, 15) is 0 Å². The standard InChI is InChI=1S/C13H12BrN3S/c1-15-7-11-12(14)17-13(18-11)9-6-16-10-5-3-2-4-8(9)10/h2-6,15-16H,7H2,1H3. The lowest BCUT2D eigenvalue weighted by atomic mass is 10.2. The number of fused-ring (bicyclic) bond motifs is 1. The van der Waals surface area contributed by atoms with Crippen molar-refractivity contribution in [2.24, 2.45) is 0 Å². The van der Waals surface area contributed by atoms with E-state index >= 15 is 0 Å². The van der Waals surface area contributed by atoms with Crippen molar-refractivity contribution in [3.05, 3.63) is 39.9 Å². The number of nitrogens with zero attached hydrogens (tertiary/aromatic N) is 1. The highest BCUT2D eigenvalue weighted by molar-refractivity contribution is 9.10. The Balaban J connectivity index is 2.11. The molecule has 1 aromatic carbocycles. The molecule has 0 fully saturated rings. The van der Waals surface area contributed by atoms with Gasteiger partial charge in [-0.3, -0.25) is 0 Å². The van der Waals surface area contributed by atoms with Crippen LogP contribution in [0, 0.1) is 0 Å². The number of aromatic amines is 1. The number of nitrogens with one attached hydrogen (secondary N) is 2. The van der Waals surface area contributed by atoms with Crippen molar-refractivity contribution in [2.45, 2.75) is 6.54 Å². The second-order valence-electron chi connectivity index (χ2n) is 4.01. The molecule has 0 saturated carbocycles. The Morgan fingerprint density at radius 1 is 1.39 bits per heavy atom. The monoisotopic (exact) mass is 321 g/mol. The van der Waals surface area contributed by atoms with E-state index in [1.54, 1.807) is 11.3 Å². The fraction of sp³-hybridized carbons (Fsp3) is 0.154. The molecule has 0 bridgehead atoms. The smallest absolute Gasteiger partial charge is 0.127 e. The zero-order chi connectivity index (χ0) is 12.5. The fourth-order valence-corrected chi connectivity index (χ4v) is 3.64. The molecule has 2 N–H and O–H groups in total. The molecule has 3 nitrogen and oxygen atoms in total. The maximum Gasteiger partial charge on any atom is 0.127 e. The van der Waals surface area contributed by atoms with Crippen molar-refractivity contribution in [2.75, 3.05) is 7.05 Å². The van der Waals surface area contributed by atoms with Crippen molar-refractivity contribution in [3.8, 4) is 10.6 Å². The molecule has 2 heterocycles. The molecule has 0 spiro atoms. The Hall–Kier alpha value is -1.17. The van der Waals surface area contributed by atoms with Crippen LogP contribution in [0.1, 0.15) is 4.88 Å². The van der Waals surface area contributed by atoms with E-state index in [2.05, 4.69) is 49.4 Å². The fourth-order valence-electron chi connectivity index (χ4n) is 1.97. The summed E-state index contributed by atoms with van der Waals surface area (Å²) < 4.78 is 0.933. The number of H-pyrrole nitrogens is 1. The van der Waals surface area contributed by atoms with Gasteiger partial charge in [0, 0.05) is 29.2 Å². The number of hydrogen-bond donors (Lipinski definition) is 2. The molecule has 0 radical (unpaired) electrons. The summed E-state index contributed by atoms with van der Waals surface area (Å²) in [7, 11) is 1.94. The molecule has 0 amide bonds. The molecule has 0 saturated heterocycles. The highest BCUT2D eigenvalue weighted by Gasteiger charge is 2.13. The predicted molar refractivity (Wildman–Crippen MR) is 79.9 cm³/mol. The van der Waals surface area contributed by atoms with Gasteiger partial charge in [-0.05, 0) is 29.0 Å². The molecule has 0 aliphatic rings. The lowest BCUT2D eigenvalue weighted by Gasteiger charge is -1.93. The van der Waals surface area contributed by atoms with E-state index in [4.69, 9.17) is 0 Å². The molecule has 0 aliphatic carbocycles. The molecule has 0 atom stereocenters. The van der Waals surface area contributed by atoms with Gasteiger partial charge in [-0.25, -0.2) is 4.98 Å². The Kier molecular flexibility index (Phi) is 3.20. The minimum absolute atomic E-state index is 0.834. The maximum absolute atomic E-state index is 4.60. The highest BCUT2D eigenvalue weighted by atomic mass is 79.9. The third-order valence-corrected chi connectivity index (χ3v) is 4.81. The van der Waals surface area contributed by atoms with Crippen LogP contribution >= 0.6 is 27.3 Å². The number of benzene rings is 1. The Morgan fingerprint density at radius 3 is 3.06 bits per heavy atom. The lowest BCUT2D eigenvalue weighted by Crippen LogP contribution is -2.03. The normalized spacial score (nSPS) is 11.2. The molecular formula is C13H12BrN3S. The second-order valence-corrected chi connectivity index (χ2v) is 5.85. The molecule has 0 unspecified atom stereocenters. The van der Waals surface area contributed by atoms with Crippen LogP contribution in [0.4, 0.5) is 0 Å². The number of hydrogen-bond acceptors (Lipinski definition) is 3. The Labute approximate surface area is 117 Å². The van der Waals surface area contributed by atoms with Gasteiger partial charge in [0.1, 0.15) is 9.61 Å². The van der Waals surface area contributed by atoms with Crippen LogP contribution in [-0.4, -0.2) is 17.0 Å². The van der Waals surface area contributed by atoms with E-state index in [1.165, 1.54) is 15.8 Å². The van der Waals surface area contributed by atoms with Crippen molar-refractivity contribution in [1.82, 2.24) is 15.3 Å². The van der Waals surface area contributed by atoms with E-state index in [-0.39, 0.29) is 0 Å². The minimum Gasteiger partial charge on any atom is -0.360 e. The summed E-state index contributed by atoms with van der Waals surface area (Å²) in [5.41, 5.74) is 2.31. The van der Waals surface area contributed by atoms with E-state index < -0.39 is 0 Å². The van der Waals surface area contributed by atoms with E-state index in [1.807, 2.05) is 19.3 Å². The van der Waals surface area contributed by atoms with Crippen LogP contribution in [0.15, 0.2) is 35.1 Å². The minimum atomic E-state index is 0.834. The Bertz CT molecular complexity index is 686. The molecule has 3 rings (SSSR count). The van der Waals surface area contributed by atoms with Crippen molar-refractivity contribution >= 4 is 38.2 Å². The number of para-hydroxylation sites is 1. The molecule has 5 heteroatoms. The van der Waals surface area contributed by atoms with Gasteiger partial charge in [0.2, 0.25) is 0 Å².